The van der Waals surface area contributed by atoms with E-state index in [-0.39, 0.29) is 11.5 Å². The first-order valence-corrected chi connectivity index (χ1v) is 8.29. The molecule has 116 valence electrons. The van der Waals surface area contributed by atoms with E-state index in [1.54, 1.807) is 0 Å². The summed E-state index contributed by atoms with van der Waals surface area (Å²) < 4.78 is 27.8. The summed E-state index contributed by atoms with van der Waals surface area (Å²) in [6.07, 6.45) is 9.33. The van der Waals surface area contributed by atoms with E-state index in [4.69, 9.17) is 0 Å². The Morgan fingerprint density at radius 2 is 1.67 bits per heavy atom. The van der Waals surface area contributed by atoms with Crippen molar-refractivity contribution < 1.29 is 13.9 Å². The molecular weight excluding hydrogens is 270 g/mol. The average Bonchev–Trinajstić information content (AvgIpc) is 2.51. The molecule has 1 nitrogen and oxygen atoms in total. The van der Waals surface area contributed by atoms with Crippen molar-refractivity contribution in [3.63, 3.8) is 0 Å². The maximum atomic E-state index is 14.2. The maximum Gasteiger partial charge on any atom is 0.129 e. The standard InChI is InChI=1S/C18H24F2O/c19-14-9-10-17(20)16(12-14)18(21)11-5-4-8-15(18)13-6-2-1-3-7-13/h9-10,12-13,15,21H,1-8,11H2. The molecule has 1 N–H and O–H groups in total. The lowest BCUT2D eigenvalue weighted by Crippen LogP contribution is -2.43. The van der Waals surface area contributed by atoms with Crippen LogP contribution in [-0.2, 0) is 5.60 Å². The molecule has 0 spiro atoms. The number of hydrogen-bond donors (Lipinski definition) is 1. The summed E-state index contributed by atoms with van der Waals surface area (Å²) in [4.78, 5) is 0. The lowest BCUT2D eigenvalue weighted by molar-refractivity contribution is -0.0858. The van der Waals surface area contributed by atoms with Crippen LogP contribution in [0, 0.1) is 23.5 Å². The van der Waals surface area contributed by atoms with Gasteiger partial charge in [-0.3, -0.25) is 0 Å². The van der Waals surface area contributed by atoms with Crippen molar-refractivity contribution in [3.05, 3.63) is 35.4 Å². The number of aliphatic hydroxyl groups is 1. The largest absolute Gasteiger partial charge is 0.385 e. The Hall–Kier alpha value is -0.960. The zero-order valence-electron chi connectivity index (χ0n) is 12.5. The SMILES string of the molecule is OC1(c2cc(F)ccc2F)CCCCC1C1CCCCC1. The molecule has 3 rings (SSSR count). The van der Waals surface area contributed by atoms with Crippen LogP contribution in [0.3, 0.4) is 0 Å². The summed E-state index contributed by atoms with van der Waals surface area (Å²) in [5.41, 5.74) is -1.01. The molecule has 3 heteroatoms. The van der Waals surface area contributed by atoms with Gasteiger partial charge < -0.3 is 5.11 Å². The number of benzene rings is 1. The van der Waals surface area contributed by atoms with Gasteiger partial charge in [-0.25, -0.2) is 8.78 Å². The van der Waals surface area contributed by atoms with Crippen LogP contribution in [0.1, 0.15) is 63.4 Å². The molecule has 0 bridgehead atoms. The van der Waals surface area contributed by atoms with Gasteiger partial charge in [0.15, 0.2) is 0 Å². The fraction of sp³-hybridized carbons (Fsp3) is 0.667. The Morgan fingerprint density at radius 3 is 2.43 bits per heavy atom. The molecule has 2 atom stereocenters. The minimum atomic E-state index is -1.19. The van der Waals surface area contributed by atoms with Gasteiger partial charge in [-0.05, 0) is 42.9 Å². The van der Waals surface area contributed by atoms with E-state index in [1.165, 1.54) is 25.3 Å². The molecule has 0 heterocycles. The molecule has 2 unspecified atom stereocenters. The van der Waals surface area contributed by atoms with E-state index >= 15 is 0 Å². The molecule has 0 saturated heterocycles. The number of rotatable bonds is 2. The third-order valence-electron chi connectivity index (χ3n) is 5.55. The second kappa shape index (κ2) is 6.04. The molecule has 0 aromatic heterocycles. The summed E-state index contributed by atoms with van der Waals surface area (Å²) in [5, 5.41) is 11.3. The second-order valence-corrected chi connectivity index (χ2v) is 6.80. The monoisotopic (exact) mass is 294 g/mol. The average molecular weight is 294 g/mol. The van der Waals surface area contributed by atoms with Crippen molar-refractivity contribution in [1.82, 2.24) is 0 Å². The highest BCUT2D eigenvalue weighted by Crippen LogP contribution is 2.49. The summed E-state index contributed by atoms with van der Waals surface area (Å²) in [5.74, 6) is -0.413. The molecule has 2 fully saturated rings. The predicted octanol–water partition coefficient (Wildman–Crippen LogP) is 4.92. The van der Waals surface area contributed by atoms with Gasteiger partial charge >= 0.3 is 0 Å². The van der Waals surface area contributed by atoms with Gasteiger partial charge in [-0.1, -0.05) is 44.9 Å². The molecule has 2 saturated carbocycles. The highest BCUT2D eigenvalue weighted by atomic mass is 19.1. The van der Waals surface area contributed by atoms with Crippen LogP contribution in [0.5, 0.6) is 0 Å². The minimum Gasteiger partial charge on any atom is -0.385 e. The zero-order chi connectivity index (χ0) is 14.9. The van der Waals surface area contributed by atoms with Crippen molar-refractivity contribution in [3.8, 4) is 0 Å². The summed E-state index contributed by atoms with van der Waals surface area (Å²) in [6.45, 7) is 0. The van der Waals surface area contributed by atoms with Gasteiger partial charge in [-0.2, -0.15) is 0 Å². The van der Waals surface area contributed by atoms with E-state index in [9.17, 15) is 13.9 Å². The molecule has 21 heavy (non-hydrogen) atoms. The second-order valence-electron chi connectivity index (χ2n) is 6.80. The maximum absolute atomic E-state index is 14.2. The van der Waals surface area contributed by atoms with Gasteiger partial charge in [0.1, 0.15) is 11.6 Å². The van der Waals surface area contributed by atoms with E-state index in [2.05, 4.69) is 0 Å². The lowest BCUT2D eigenvalue weighted by Gasteiger charge is -2.45. The Bertz CT molecular complexity index is 496. The Labute approximate surface area is 125 Å². The first-order chi connectivity index (χ1) is 10.1. The fourth-order valence-corrected chi connectivity index (χ4v) is 4.51. The van der Waals surface area contributed by atoms with Crippen LogP contribution in [0.25, 0.3) is 0 Å². The molecule has 2 aliphatic carbocycles. The topological polar surface area (TPSA) is 20.2 Å². The van der Waals surface area contributed by atoms with Crippen molar-refractivity contribution in [2.45, 2.75) is 63.4 Å². The number of halogens is 2. The van der Waals surface area contributed by atoms with Crippen molar-refractivity contribution in [2.24, 2.45) is 11.8 Å². The van der Waals surface area contributed by atoms with Crippen LogP contribution in [0.4, 0.5) is 8.78 Å². The van der Waals surface area contributed by atoms with Crippen LogP contribution >= 0.6 is 0 Å². The van der Waals surface area contributed by atoms with Crippen LogP contribution < -0.4 is 0 Å². The highest BCUT2D eigenvalue weighted by molar-refractivity contribution is 5.27. The Morgan fingerprint density at radius 1 is 0.952 bits per heavy atom. The van der Waals surface area contributed by atoms with Crippen LogP contribution in [-0.4, -0.2) is 5.11 Å². The van der Waals surface area contributed by atoms with Crippen LogP contribution in [0.2, 0.25) is 0 Å². The van der Waals surface area contributed by atoms with E-state index < -0.39 is 17.2 Å². The third kappa shape index (κ3) is 2.85. The first kappa shape index (κ1) is 15.0. The van der Waals surface area contributed by atoms with Crippen LogP contribution in [0.15, 0.2) is 18.2 Å². The van der Waals surface area contributed by atoms with Gasteiger partial charge in [-0.15, -0.1) is 0 Å². The first-order valence-electron chi connectivity index (χ1n) is 8.29. The molecule has 1 aromatic rings. The van der Waals surface area contributed by atoms with E-state index in [0.717, 1.165) is 44.2 Å². The number of hydrogen-bond acceptors (Lipinski definition) is 1. The molecule has 2 aliphatic rings. The summed E-state index contributed by atoms with van der Waals surface area (Å²) >= 11 is 0. The predicted molar refractivity (Wildman–Crippen MR) is 78.8 cm³/mol. The quantitative estimate of drug-likeness (QED) is 0.820. The highest BCUT2D eigenvalue weighted by Gasteiger charge is 2.45. The lowest BCUT2D eigenvalue weighted by atomic mass is 9.63. The van der Waals surface area contributed by atoms with Crippen molar-refractivity contribution in [2.75, 3.05) is 0 Å². The van der Waals surface area contributed by atoms with Gasteiger partial charge in [0.05, 0.1) is 5.60 Å². The van der Waals surface area contributed by atoms with Crippen molar-refractivity contribution in [1.29, 1.82) is 0 Å². The van der Waals surface area contributed by atoms with Gasteiger partial charge in [0, 0.05) is 5.56 Å². The molecule has 0 amide bonds. The summed E-state index contributed by atoms with van der Waals surface area (Å²) in [6, 6.07) is 3.48. The summed E-state index contributed by atoms with van der Waals surface area (Å²) in [7, 11) is 0. The smallest absolute Gasteiger partial charge is 0.129 e. The van der Waals surface area contributed by atoms with Gasteiger partial charge in [0.25, 0.3) is 0 Å². The van der Waals surface area contributed by atoms with Gasteiger partial charge in [0.2, 0.25) is 0 Å². The zero-order valence-corrected chi connectivity index (χ0v) is 12.5. The Kier molecular flexibility index (Phi) is 4.30. The molecule has 0 radical (unpaired) electrons. The molecule has 0 aliphatic heterocycles. The van der Waals surface area contributed by atoms with E-state index in [1.807, 2.05) is 0 Å². The minimum absolute atomic E-state index is 0.0721. The fourth-order valence-electron chi connectivity index (χ4n) is 4.51. The Balaban J connectivity index is 1.96. The van der Waals surface area contributed by atoms with E-state index in [0.29, 0.717) is 12.3 Å². The molecular formula is C18H24F2O. The third-order valence-corrected chi connectivity index (χ3v) is 5.55. The normalized spacial score (nSPS) is 31.3. The molecule has 1 aromatic carbocycles. The van der Waals surface area contributed by atoms with Crippen molar-refractivity contribution >= 4 is 0 Å².